The quantitative estimate of drug-likeness (QED) is 0.337. The van der Waals surface area contributed by atoms with E-state index in [2.05, 4.69) is 0 Å². The van der Waals surface area contributed by atoms with Gasteiger partial charge in [0.15, 0.2) is 0 Å². The van der Waals surface area contributed by atoms with Crippen LogP contribution in [0.4, 0.5) is 0 Å². The zero-order valence-electron chi connectivity index (χ0n) is 8.62. The summed E-state index contributed by atoms with van der Waals surface area (Å²) in [4.78, 5) is 0. The van der Waals surface area contributed by atoms with Crippen LogP contribution in [0, 0.1) is 0 Å². The van der Waals surface area contributed by atoms with Crippen molar-refractivity contribution in [3.63, 3.8) is 0 Å². The Morgan fingerprint density at radius 1 is 0.750 bits per heavy atom. The Morgan fingerprint density at radius 3 is 0.750 bits per heavy atom. The zero-order chi connectivity index (χ0) is 0. The summed E-state index contributed by atoms with van der Waals surface area (Å²) in [6.45, 7) is 0. The van der Waals surface area contributed by atoms with Gasteiger partial charge in [-0.2, -0.15) is 0 Å². The molecule has 0 radical (unpaired) electrons. The third kappa shape index (κ3) is 8.86. The van der Waals surface area contributed by atoms with Crippen LogP contribution in [-0.4, -0.2) is 74.6 Å². The molecule has 0 aliphatic heterocycles. The van der Waals surface area contributed by atoms with E-state index in [1.807, 2.05) is 0 Å². The standard InChI is InChI=1S/3Mg.H2O.6H/h;;;1H2;;;;;;/q3*+2;;6*-1. The van der Waals surface area contributed by atoms with Gasteiger partial charge in [-0.05, 0) is 0 Å². The Balaban J connectivity index is 0. The molecule has 0 aliphatic carbocycles. The Labute approximate surface area is 82.6 Å². The topological polar surface area (TPSA) is 31.5 Å². The van der Waals surface area contributed by atoms with Crippen molar-refractivity contribution in [2.24, 2.45) is 0 Å². The molecule has 1 nitrogen and oxygen atoms in total. The normalized spacial score (nSPS) is 0. The van der Waals surface area contributed by atoms with Gasteiger partial charge in [-0.25, -0.2) is 0 Å². The third-order valence-electron chi connectivity index (χ3n) is 0. The minimum absolute atomic E-state index is 0. The van der Waals surface area contributed by atoms with Gasteiger partial charge in [0.05, 0.1) is 0 Å². The Morgan fingerprint density at radius 2 is 0.750 bits per heavy atom. The van der Waals surface area contributed by atoms with Gasteiger partial charge in [0, 0.05) is 0 Å². The fraction of sp³-hybridized carbons (Fsp3) is 0. The van der Waals surface area contributed by atoms with Crippen LogP contribution in [0.3, 0.4) is 0 Å². The van der Waals surface area contributed by atoms with Gasteiger partial charge >= 0.3 is 69.2 Å². The molecule has 0 amide bonds. The average Bonchev–Trinajstić information content (AvgIpc) is 0. The second kappa shape index (κ2) is 18.7. The summed E-state index contributed by atoms with van der Waals surface area (Å²) in [7, 11) is 0. The van der Waals surface area contributed by atoms with E-state index in [9.17, 15) is 0 Å². The molecule has 0 rings (SSSR count). The van der Waals surface area contributed by atoms with Crippen LogP contribution in [0.25, 0.3) is 0 Å². The van der Waals surface area contributed by atoms with Crippen molar-refractivity contribution in [3.05, 3.63) is 0 Å². The molecule has 0 saturated carbocycles. The summed E-state index contributed by atoms with van der Waals surface area (Å²) in [5.74, 6) is 0. The van der Waals surface area contributed by atoms with Crippen molar-refractivity contribution in [2.75, 3.05) is 0 Å². The molecule has 4 heavy (non-hydrogen) atoms. The molecular weight excluding hydrogens is 88.9 g/mol. The zero-order valence-corrected chi connectivity index (χ0v) is 6.86. The van der Waals surface area contributed by atoms with Crippen molar-refractivity contribution in [3.8, 4) is 0 Å². The number of rotatable bonds is 0. The van der Waals surface area contributed by atoms with Crippen LogP contribution in [0.5, 0.6) is 0 Å². The number of hydrogen-bond donors (Lipinski definition) is 0. The van der Waals surface area contributed by atoms with Crippen LogP contribution in [0.2, 0.25) is 0 Å². The molecule has 2 N–H and O–H groups in total. The SMILES string of the molecule is O.[H-].[H-].[H-].[H-].[H-].[H-].[Mg+2].[Mg+2].[Mg+2]. The first-order chi connectivity index (χ1) is 0. The smallest absolute Gasteiger partial charge is 1.00 e. The largest absolute Gasteiger partial charge is 2.00 e. The Kier molecular flexibility index (Phi) is 159. The van der Waals surface area contributed by atoms with Gasteiger partial charge in [0.25, 0.3) is 0 Å². The molecule has 0 fully saturated rings. The molecule has 0 aromatic heterocycles. The van der Waals surface area contributed by atoms with E-state index < -0.39 is 0 Å². The molecule has 0 aromatic rings. The van der Waals surface area contributed by atoms with Crippen LogP contribution >= 0.6 is 0 Å². The summed E-state index contributed by atoms with van der Waals surface area (Å²) < 4.78 is 0. The molecule has 0 unspecified atom stereocenters. The maximum Gasteiger partial charge on any atom is 2.00 e. The second-order valence-corrected chi connectivity index (χ2v) is 0. The molecule has 0 aliphatic rings. The summed E-state index contributed by atoms with van der Waals surface area (Å²) in [6, 6.07) is 0. The van der Waals surface area contributed by atoms with E-state index in [4.69, 9.17) is 0 Å². The van der Waals surface area contributed by atoms with E-state index in [1.54, 1.807) is 0 Å². The molecule has 0 heterocycles. The number of hydrogen-bond acceptors (Lipinski definition) is 0. The molecule has 0 saturated heterocycles. The van der Waals surface area contributed by atoms with Gasteiger partial charge < -0.3 is 14.0 Å². The first kappa shape index (κ1) is 33.9. The van der Waals surface area contributed by atoms with Gasteiger partial charge in [0.2, 0.25) is 0 Å². The van der Waals surface area contributed by atoms with Gasteiger partial charge in [-0.15, -0.1) is 0 Å². The maximum absolute atomic E-state index is 0. The minimum Gasteiger partial charge on any atom is -1.00 e. The molecule has 0 spiro atoms. The van der Waals surface area contributed by atoms with Crippen molar-refractivity contribution >= 4 is 69.2 Å². The fourth-order valence-electron chi connectivity index (χ4n) is 0. The van der Waals surface area contributed by atoms with Crippen LogP contribution in [-0.2, 0) is 0 Å². The van der Waals surface area contributed by atoms with Gasteiger partial charge in [0.1, 0.15) is 0 Å². The van der Waals surface area contributed by atoms with E-state index in [0.29, 0.717) is 0 Å². The summed E-state index contributed by atoms with van der Waals surface area (Å²) >= 11 is 0. The first-order valence-corrected chi connectivity index (χ1v) is 0. The monoisotopic (exact) mass is 96.0 g/mol. The molecular formula is H8Mg3O. The summed E-state index contributed by atoms with van der Waals surface area (Å²) in [6.07, 6.45) is 0. The first-order valence-electron chi connectivity index (χ1n) is 0. The Bertz CT molecular complexity index is 13.0. The van der Waals surface area contributed by atoms with Crippen molar-refractivity contribution in [1.82, 2.24) is 0 Å². The summed E-state index contributed by atoms with van der Waals surface area (Å²) in [5, 5.41) is 0. The molecule has 0 bridgehead atoms. The second-order valence-electron chi connectivity index (χ2n) is 0. The van der Waals surface area contributed by atoms with Crippen molar-refractivity contribution < 1.29 is 14.0 Å². The minimum atomic E-state index is 0. The van der Waals surface area contributed by atoms with E-state index in [1.165, 1.54) is 0 Å². The predicted octanol–water partition coefficient (Wildman–Crippen LogP) is -1.29. The van der Waals surface area contributed by atoms with E-state index in [-0.39, 0.29) is 83.2 Å². The van der Waals surface area contributed by atoms with Gasteiger partial charge in [-0.1, -0.05) is 0 Å². The Hall–Kier alpha value is 2.26. The summed E-state index contributed by atoms with van der Waals surface area (Å²) in [5.41, 5.74) is 0. The van der Waals surface area contributed by atoms with Crippen molar-refractivity contribution in [1.29, 1.82) is 0 Å². The van der Waals surface area contributed by atoms with Crippen LogP contribution in [0.1, 0.15) is 8.56 Å². The molecule has 20 valence electrons. The molecule has 4 heteroatoms. The van der Waals surface area contributed by atoms with Crippen molar-refractivity contribution in [2.45, 2.75) is 0 Å². The van der Waals surface area contributed by atoms with Gasteiger partial charge in [-0.3, -0.25) is 0 Å². The fourth-order valence-corrected chi connectivity index (χ4v) is 0. The molecule has 0 atom stereocenters. The van der Waals surface area contributed by atoms with Crippen LogP contribution < -0.4 is 0 Å². The van der Waals surface area contributed by atoms with E-state index in [0.717, 1.165) is 0 Å². The van der Waals surface area contributed by atoms with E-state index >= 15 is 0 Å². The maximum atomic E-state index is 0. The molecule has 0 aromatic carbocycles. The van der Waals surface area contributed by atoms with Crippen LogP contribution in [0.15, 0.2) is 0 Å². The third-order valence-corrected chi connectivity index (χ3v) is 0. The average molecular weight is 97.0 g/mol. The predicted molar refractivity (Wildman–Crippen MR) is 27.5 cm³/mol.